The second-order valence-electron chi connectivity index (χ2n) is 7.81. The number of carbonyl (C=O) groups is 1. The van der Waals surface area contributed by atoms with Crippen LogP contribution in [0.3, 0.4) is 0 Å². The van der Waals surface area contributed by atoms with Crippen LogP contribution in [0.4, 0.5) is 5.13 Å². The average Bonchev–Trinajstić information content (AvgIpc) is 3.24. The van der Waals surface area contributed by atoms with Crippen LogP contribution in [0.1, 0.15) is 17.5 Å². The Hall–Kier alpha value is -2.48. The lowest BCUT2D eigenvalue weighted by Crippen LogP contribution is -2.40. The lowest BCUT2D eigenvalue weighted by Gasteiger charge is -2.27. The van der Waals surface area contributed by atoms with Crippen LogP contribution in [0.2, 0.25) is 0 Å². The van der Waals surface area contributed by atoms with E-state index >= 15 is 0 Å². The molecular weight excluding hydrogens is 410 g/mol. The summed E-state index contributed by atoms with van der Waals surface area (Å²) in [5.74, 6) is 0.624. The molecule has 2 heterocycles. The van der Waals surface area contributed by atoms with Crippen molar-refractivity contribution in [3.8, 4) is 5.75 Å². The molecule has 0 bridgehead atoms. The van der Waals surface area contributed by atoms with Gasteiger partial charge in [-0.25, -0.2) is 4.98 Å². The van der Waals surface area contributed by atoms with Crippen molar-refractivity contribution >= 4 is 32.6 Å². The van der Waals surface area contributed by atoms with E-state index in [9.17, 15) is 4.79 Å². The van der Waals surface area contributed by atoms with E-state index in [-0.39, 0.29) is 12.5 Å². The number of anilines is 1. The lowest BCUT2D eigenvalue weighted by atomic mass is 10.1. The molecule has 0 radical (unpaired) electrons. The van der Waals surface area contributed by atoms with Gasteiger partial charge < -0.3 is 9.47 Å². The summed E-state index contributed by atoms with van der Waals surface area (Å²) in [4.78, 5) is 22.2. The zero-order chi connectivity index (χ0) is 21.6. The molecule has 0 N–H and O–H groups in total. The number of benzene rings is 2. The number of rotatable bonds is 8. The molecule has 3 aromatic rings. The number of thiazole rings is 1. The number of nitrogens with zero attached hydrogens (tertiary/aromatic N) is 3. The van der Waals surface area contributed by atoms with Gasteiger partial charge in [0, 0.05) is 26.2 Å². The van der Waals surface area contributed by atoms with Crippen LogP contribution in [0.25, 0.3) is 10.2 Å². The van der Waals surface area contributed by atoms with Crippen LogP contribution in [0, 0.1) is 13.8 Å². The zero-order valence-electron chi connectivity index (χ0n) is 18.2. The highest BCUT2D eigenvalue weighted by Gasteiger charge is 2.21. The fourth-order valence-corrected chi connectivity index (χ4v) is 4.74. The normalized spacial score (nSPS) is 14.6. The van der Waals surface area contributed by atoms with Gasteiger partial charge in [-0.05, 0) is 49.6 Å². The minimum Gasteiger partial charge on any atom is -0.484 e. The predicted molar refractivity (Wildman–Crippen MR) is 125 cm³/mol. The molecule has 1 aliphatic heterocycles. The van der Waals surface area contributed by atoms with E-state index in [0.717, 1.165) is 54.6 Å². The number of fused-ring (bicyclic) bond motifs is 1. The molecule has 164 valence electrons. The zero-order valence-corrected chi connectivity index (χ0v) is 19.0. The maximum Gasteiger partial charge on any atom is 0.266 e. The molecule has 0 atom stereocenters. The van der Waals surface area contributed by atoms with E-state index in [4.69, 9.17) is 14.5 Å². The van der Waals surface area contributed by atoms with E-state index in [1.54, 1.807) is 16.2 Å². The summed E-state index contributed by atoms with van der Waals surface area (Å²) in [5.41, 5.74) is 3.36. The van der Waals surface area contributed by atoms with Crippen LogP contribution < -0.4 is 9.64 Å². The molecule has 1 aliphatic rings. The Morgan fingerprint density at radius 1 is 1.16 bits per heavy atom. The molecule has 4 rings (SSSR count). The molecule has 1 amide bonds. The summed E-state index contributed by atoms with van der Waals surface area (Å²) in [6.07, 6.45) is 0.880. The third-order valence-corrected chi connectivity index (χ3v) is 6.71. The number of morpholine rings is 1. The predicted octanol–water partition coefficient (Wildman–Crippen LogP) is 4.05. The first kappa shape index (κ1) is 21.7. The van der Waals surface area contributed by atoms with E-state index in [0.29, 0.717) is 12.3 Å². The average molecular weight is 440 g/mol. The van der Waals surface area contributed by atoms with E-state index < -0.39 is 0 Å². The summed E-state index contributed by atoms with van der Waals surface area (Å²) in [6, 6.07) is 13.7. The maximum atomic E-state index is 13.2. The first-order valence-corrected chi connectivity index (χ1v) is 11.6. The molecule has 0 saturated carbocycles. The first-order valence-electron chi connectivity index (χ1n) is 10.8. The summed E-state index contributed by atoms with van der Waals surface area (Å²) >= 11 is 1.57. The number of para-hydroxylation sites is 1. The maximum absolute atomic E-state index is 13.2. The van der Waals surface area contributed by atoms with Crippen LogP contribution in [0.15, 0.2) is 42.5 Å². The highest BCUT2D eigenvalue weighted by molar-refractivity contribution is 7.22. The van der Waals surface area contributed by atoms with Gasteiger partial charge in [-0.1, -0.05) is 35.6 Å². The molecule has 0 aliphatic carbocycles. The highest BCUT2D eigenvalue weighted by Crippen LogP contribution is 2.32. The minimum atomic E-state index is -0.0701. The first-order chi connectivity index (χ1) is 15.1. The highest BCUT2D eigenvalue weighted by atomic mass is 32.1. The fourth-order valence-electron chi connectivity index (χ4n) is 3.67. The van der Waals surface area contributed by atoms with Crippen LogP contribution in [0.5, 0.6) is 5.75 Å². The van der Waals surface area contributed by atoms with Gasteiger partial charge in [0.05, 0.1) is 23.4 Å². The Morgan fingerprint density at radius 3 is 2.71 bits per heavy atom. The van der Waals surface area contributed by atoms with Gasteiger partial charge in [0.25, 0.3) is 5.91 Å². The smallest absolute Gasteiger partial charge is 0.266 e. The van der Waals surface area contributed by atoms with Crippen molar-refractivity contribution in [2.75, 3.05) is 50.9 Å². The van der Waals surface area contributed by atoms with Gasteiger partial charge in [0.15, 0.2) is 11.7 Å². The van der Waals surface area contributed by atoms with Gasteiger partial charge in [-0.2, -0.15) is 0 Å². The standard InChI is InChI=1S/C24H29N3O3S/c1-18-9-10-21-23(19(18)2)25-24(31-21)27(12-6-11-26-13-15-29-16-14-26)22(28)17-30-20-7-4-3-5-8-20/h3-5,7-10H,6,11-17H2,1-2H3. The van der Waals surface area contributed by atoms with Crippen molar-refractivity contribution in [3.05, 3.63) is 53.6 Å². The van der Waals surface area contributed by atoms with Gasteiger partial charge in [-0.15, -0.1) is 0 Å². The summed E-state index contributed by atoms with van der Waals surface area (Å²) in [6.45, 7) is 9.19. The topological polar surface area (TPSA) is 54.9 Å². The van der Waals surface area contributed by atoms with Gasteiger partial charge in [-0.3, -0.25) is 14.6 Å². The lowest BCUT2D eigenvalue weighted by molar-refractivity contribution is -0.120. The molecule has 7 heteroatoms. The van der Waals surface area contributed by atoms with E-state index in [1.807, 2.05) is 30.3 Å². The van der Waals surface area contributed by atoms with Crippen LogP contribution in [-0.2, 0) is 9.53 Å². The molecule has 1 fully saturated rings. The minimum absolute atomic E-state index is 0.00446. The second kappa shape index (κ2) is 10.2. The molecule has 1 saturated heterocycles. The third-order valence-electron chi connectivity index (χ3n) is 5.67. The Labute approximate surface area is 187 Å². The van der Waals surface area contributed by atoms with Gasteiger partial charge in [0.1, 0.15) is 5.75 Å². The van der Waals surface area contributed by atoms with Crippen molar-refractivity contribution in [2.24, 2.45) is 0 Å². The van der Waals surface area contributed by atoms with Crippen molar-refractivity contribution in [1.29, 1.82) is 0 Å². The summed E-state index contributed by atoms with van der Waals surface area (Å²) < 4.78 is 12.3. The SMILES string of the molecule is Cc1ccc2sc(N(CCCN3CCOCC3)C(=O)COc3ccccc3)nc2c1C. The van der Waals surface area contributed by atoms with Crippen molar-refractivity contribution in [2.45, 2.75) is 20.3 Å². The largest absolute Gasteiger partial charge is 0.484 e. The summed E-state index contributed by atoms with van der Waals surface area (Å²) in [5, 5.41) is 0.743. The summed E-state index contributed by atoms with van der Waals surface area (Å²) in [7, 11) is 0. The number of aryl methyl sites for hydroxylation is 2. The Kier molecular flexibility index (Phi) is 7.17. The number of hydrogen-bond donors (Lipinski definition) is 0. The molecule has 2 aromatic carbocycles. The number of ether oxygens (including phenoxy) is 2. The van der Waals surface area contributed by atoms with E-state index in [1.165, 1.54) is 11.1 Å². The molecule has 31 heavy (non-hydrogen) atoms. The molecule has 6 nitrogen and oxygen atoms in total. The third kappa shape index (κ3) is 5.42. The Bertz CT molecular complexity index is 1020. The molecule has 1 aromatic heterocycles. The van der Waals surface area contributed by atoms with Gasteiger partial charge in [0.2, 0.25) is 0 Å². The second-order valence-corrected chi connectivity index (χ2v) is 8.81. The Morgan fingerprint density at radius 2 is 1.94 bits per heavy atom. The number of aromatic nitrogens is 1. The monoisotopic (exact) mass is 439 g/mol. The molecule has 0 spiro atoms. The van der Waals surface area contributed by atoms with Crippen LogP contribution in [-0.4, -0.2) is 61.8 Å². The van der Waals surface area contributed by atoms with Crippen molar-refractivity contribution in [1.82, 2.24) is 9.88 Å². The molecular formula is C24H29N3O3S. The number of hydrogen-bond acceptors (Lipinski definition) is 6. The molecule has 0 unspecified atom stereocenters. The Balaban J connectivity index is 1.49. The number of amides is 1. The fraction of sp³-hybridized carbons (Fsp3) is 0.417. The van der Waals surface area contributed by atoms with Crippen molar-refractivity contribution in [3.63, 3.8) is 0 Å². The van der Waals surface area contributed by atoms with E-state index in [2.05, 4.69) is 30.9 Å². The van der Waals surface area contributed by atoms with Gasteiger partial charge >= 0.3 is 0 Å². The quantitative estimate of drug-likeness (QED) is 0.530. The van der Waals surface area contributed by atoms with Crippen LogP contribution >= 0.6 is 11.3 Å². The van der Waals surface area contributed by atoms with Crippen molar-refractivity contribution < 1.29 is 14.3 Å². The number of carbonyl (C=O) groups excluding carboxylic acids is 1.